The third kappa shape index (κ3) is 2.84. The molecule has 9 heteroatoms. The van der Waals surface area contributed by atoms with E-state index in [1.54, 1.807) is 30.3 Å². The number of hydrogen-bond donors (Lipinski definition) is 0. The van der Waals surface area contributed by atoms with Crippen LogP contribution in [0.5, 0.6) is 11.5 Å². The predicted octanol–water partition coefficient (Wildman–Crippen LogP) is 2.34. The molecule has 0 spiro atoms. The number of imide groups is 1. The number of carbonyl (C=O) groups is 2. The van der Waals surface area contributed by atoms with Gasteiger partial charge in [-0.25, -0.2) is 9.29 Å². The topological polar surface area (TPSA) is 83.8 Å². The van der Waals surface area contributed by atoms with Crippen LogP contribution in [0.1, 0.15) is 5.56 Å². The van der Waals surface area contributed by atoms with Crippen LogP contribution in [0.2, 0.25) is 0 Å². The van der Waals surface area contributed by atoms with E-state index in [1.807, 2.05) is 0 Å². The fourth-order valence-corrected chi connectivity index (χ4v) is 3.35. The number of hydrogen-bond acceptors (Lipinski definition) is 7. The molecule has 0 bridgehead atoms. The Morgan fingerprint density at radius 3 is 2.39 bits per heavy atom. The zero-order valence-corrected chi connectivity index (χ0v) is 15.2. The third-order valence-electron chi connectivity index (χ3n) is 4.74. The van der Waals surface area contributed by atoms with Crippen LogP contribution in [0.15, 0.2) is 52.8 Å². The van der Waals surface area contributed by atoms with Gasteiger partial charge in [0.1, 0.15) is 5.82 Å². The summed E-state index contributed by atoms with van der Waals surface area (Å²) in [6, 6.07) is 8.94. The minimum absolute atomic E-state index is 0.240. The molecule has 2 unspecified atom stereocenters. The molecular weight excluding hydrogens is 367 g/mol. The van der Waals surface area contributed by atoms with Crippen LogP contribution < -0.4 is 14.4 Å². The van der Waals surface area contributed by atoms with Gasteiger partial charge in [0.2, 0.25) is 0 Å². The van der Waals surface area contributed by atoms with E-state index >= 15 is 0 Å². The molecule has 0 aliphatic carbocycles. The quantitative estimate of drug-likeness (QED) is 0.739. The fraction of sp³-hybridized carbons (Fsp3) is 0.263. The molecule has 2 aliphatic rings. The molecule has 2 amide bonds. The number of amides is 2. The lowest BCUT2D eigenvalue weighted by atomic mass is 10.1. The van der Waals surface area contributed by atoms with Gasteiger partial charge in [-0.05, 0) is 29.8 Å². The summed E-state index contributed by atoms with van der Waals surface area (Å²) in [5.41, 5.74) is 1.13. The van der Waals surface area contributed by atoms with E-state index in [9.17, 15) is 14.0 Å². The number of halogens is 1. The molecule has 0 aromatic heterocycles. The average molecular weight is 384 g/mol. The number of benzene rings is 2. The smallest absolute Gasteiger partial charge is 0.263 e. The largest absolute Gasteiger partial charge is 0.493 e. The van der Waals surface area contributed by atoms with E-state index in [1.165, 1.54) is 31.4 Å². The van der Waals surface area contributed by atoms with Gasteiger partial charge in [-0.3, -0.25) is 14.6 Å². The van der Waals surface area contributed by atoms with Gasteiger partial charge >= 0.3 is 0 Å². The maximum atomic E-state index is 13.1. The highest BCUT2D eigenvalue weighted by atomic mass is 19.1. The predicted molar refractivity (Wildman–Crippen MR) is 96.4 cm³/mol. The number of anilines is 1. The van der Waals surface area contributed by atoms with Gasteiger partial charge < -0.3 is 9.47 Å². The van der Waals surface area contributed by atoms with Gasteiger partial charge in [0, 0.05) is 6.07 Å². The Hall–Kier alpha value is -3.49. The monoisotopic (exact) mass is 384 g/mol. The van der Waals surface area contributed by atoms with Crippen LogP contribution in [0.4, 0.5) is 10.1 Å². The lowest BCUT2D eigenvalue weighted by Crippen LogP contribution is -2.39. The van der Waals surface area contributed by atoms with Gasteiger partial charge in [-0.2, -0.15) is 5.11 Å². The summed E-state index contributed by atoms with van der Waals surface area (Å²) in [6.07, 6.45) is 0. The van der Waals surface area contributed by atoms with E-state index in [-0.39, 0.29) is 12.4 Å². The first-order chi connectivity index (χ1) is 13.5. The molecule has 2 aromatic rings. The van der Waals surface area contributed by atoms with Gasteiger partial charge in [0.25, 0.3) is 11.8 Å². The second-order valence-corrected chi connectivity index (χ2v) is 6.37. The number of ether oxygens (including phenoxy) is 2. The van der Waals surface area contributed by atoms with E-state index in [4.69, 9.17) is 9.47 Å². The summed E-state index contributed by atoms with van der Waals surface area (Å²) in [6.45, 7) is 0.240. The molecule has 2 atom stereocenters. The Kier molecular flexibility index (Phi) is 4.42. The molecule has 28 heavy (non-hydrogen) atoms. The standard InChI is InChI=1S/C19H17FN4O4/c1-27-14-8-7-13(9-15(14)28-2)24-18(25)16-17(19(24)26)23(22-21-16)10-11-3-5-12(20)6-4-11/h3-9,16-17H,10H2,1-2H3. The van der Waals surface area contributed by atoms with Gasteiger partial charge in [-0.15, -0.1) is 0 Å². The van der Waals surface area contributed by atoms with Crippen molar-refractivity contribution in [2.75, 3.05) is 19.1 Å². The Balaban J connectivity index is 1.60. The van der Waals surface area contributed by atoms with Crippen LogP contribution in [0.3, 0.4) is 0 Å². The van der Waals surface area contributed by atoms with Crippen LogP contribution in [0.25, 0.3) is 0 Å². The zero-order valence-electron chi connectivity index (χ0n) is 15.2. The highest BCUT2D eigenvalue weighted by Gasteiger charge is 2.54. The average Bonchev–Trinajstić information content (AvgIpc) is 3.23. The molecule has 2 aromatic carbocycles. The minimum atomic E-state index is -0.902. The molecule has 2 heterocycles. The van der Waals surface area contributed by atoms with E-state index < -0.39 is 23.9 Å². The minimum Gasteiger partial charge on any atom is -0.493 e. The van der Waals surface area contributed by atoms with Crippen molar-refractivity contribution in [1.29, 1.82) is 0 Å². The molecule has 144 valence electrons. The highest BCUT2D eigenvalue weighted by molar-refractivity contribution is 6.25. The number of carbonyl (C=O) groups excluding carboxylic acids is 2. The second kappa shape index (κ2) is 6.91. The van der Waals surface area contributed by atoms with Gasteiger partial charge in [0.05, 0.1) is 26.5 Å². The Bertz CT molecular complexity index is 963. The first kappa shape index (κ1) is 17.9. The molecule has 0 radical (unpaired) electrons. The number of nitrogens with zero attached hydrogens (tertiary/aromatic N) is 4. The van der Waals surface area contributed by atoms with Crippen LogP contribution in [-0.2, 0) is 16.1 Å². The maximum Gasteiger partial charge on any atom is 0.263 e. The summed E-state index contributed by atoms with van der Waals surface area (Å²) < 4.78 is 23.5. The molecule has 0 N–H and O–H groups in total. The molecule has 8 nitrogen and oxygen atoms in total. The van der Waals surface area contributed by atoms with Crippen LogP contribution in [0, 0.1) is 5.82 Å². The summed E-state index contributed by atoms with van der Waals surface area (Å²) in [4.78, 5) is 26.9. The molecule has 1 saturated heterocycles. The van der Waals surface area contributed by atoms with Crippen molar-refractivity contribution >= 4 is 17.5 Å². The maximum absolute atomic E-state index is 13.1. The highest BCUT2D eigenvalue weighted by Crippen LogP contribution is 2.36. The van der Waals surface area contributed by atoms with E-state index in [2.05, 4.69) is 10.3 Å². The molecule has 4 rings (SSSR count). The van der Waals surface area contributed by atoms with Crippen molar-refractivity contribution in [2.45, 2.75) is 18.6 Å². The zero-order chi connectivity index (χ0) is 19.8. The molecule has 2 aliphatic heterocycles. The SMILES string of the molecule is COc1ccc(N2C(=O)C3N=NN(Cc4ccc(F)cc4)C3C2=O)cc1OC. The Labute approximate surface area is 160 Å². The first-order valence-corrected chi connectivity index (χ1v) is 8.55. The van der Waals surface area contributed by atoms with Gasteiger partial charge in [0.15, 0.2) is 23.6 Å². The van der Waals surface area contributed by atoms with Crippen molar-refractivity contribution in [3.05, 3.63) is 53.8 Å². The lowest BCUT2D eigenvalue weighted by Gasteiger charge is -2.21. The van der Waals surface area contributed by atoms with E-state index in [0.29, 0.717) is 17.2 Å². The van der Waals surface area contributed by atoms with Crippen molar-refractivity contribution in [3.63, 3.8) is 0 Å². The molecule has 1 fully saturated rings. The number of rotatable bonds is 5. The number of fused-ring (bicyclic) bond motifs is 1. The van der Waals surface area contributed by atoms with Crippen LogP contribution >= 0.6 is 0 Å². The summed E-state index contributed by atoms with van der Waals surface area (Å²) >= 11 is 0. The van der Waals surface area contributed by atoms with Crippen molar-refractivity contribution in [3.8, 4) is 11.5 Å². The lowest BCUT2D eigenvalue weighted by molar-refractivity contribution is -0.123. The van der Waals surface area contributed by atoms with Gasteiger partial charge in [-0.1, -0.05) is 17.4 Å². The number of methoxy groups -OCH3 is 2. The van der Waals surface area contributed by atoms with E-state index in [0.717, 1.165) is 10.5 Å². The Morgan fingerprint density at radius 2 is 1.71 bits per heavy atom. The second-order valence-electron chi connectivity index (χ2n) is 6.37. The molecule has 0 saturated carbocycles. The van der Waals surface area contributed by atoms with Crippen LogP contribution in [-0.4, -0.2) is 43.1 Å². The molecular formula is C19H17FN4O4. The third-order valence-corrected chi connectivity index (χ3v) is 4.74. The van der Waals surface area contributed by atoms with Crippen molar-refractivity contribution in [2.24, 2.45) is 10.3 Å². The summed E-state index contributed by atoms with van der Waals surface area (Å²) in [5.74, 6) is -0.330. The first-order valence-electron chi connectivity index (χ1n) is 8.55. The fourth-order valence-electron chi connectivity index (χ4n) is 3.35. The van der Waals surface area contributed by atoms with Crippen molar-refractivity contribution < 1.29 is 23.5 Å². The summed E-state index contributed by atoms with van der Waals surface area (Å²) in [5, 5.41) is 9.42. The summed E-state index contributed by atoms with van der Waals surface area (Å²) in [7, 11) is 2.98. The Morgan fingerprint density at radius 1 is 1.00 bits per heavy atom. The van der Waals surface area contributed by atoms with Crippen molar-refractivity contribution in [1.82, 2.24) is 5.01 Å². The normalized spacial score (nSPS) is 20.7.